The molecule has 1 aromatic carbocycles. The maximum Gasteiger partial charge on any atom is 0.313 e. The molecule has 1 aliphatic heterocycles. The van der Waals surface area contributed by atoms with Crippen molar-refractivity contribution in [1.82, 2.24) is 19.8 Å². The Hall–Kier alpha value is -3.57. The van der Waals surface area contributed by atoms with Gasteiger partial charge in [0.1, 0.15) is 5.56 Å². The summed E-state index contributed by atoms with van der Waals surface area (Å²) in [5.74, 6) is -2.14. The Balaban J connectivity index is 1.52. The molecule has 0 spiro atoms. The van der Waals surface area contributed by atoms with Gasteiger partial charge in [-0.05, 0) is 57.1 Å². The number of likely N-dealkylation sites (N-methyl/N-ethyl adjacent to an activating group) is 1. The van der Waals surface area contributed by atoms with Crippen LogP contribution in [0.1, 0.15) is 46.2 Å². The highest BCUT2D eigenvalue weighted by Gasteiger charge is 2.32. The molecular weight excluding hydrogens is 480 g/mol. The SMILES string of the molecule is COc1ncc(NC(=O)C(=O)N2CCCC[C@H]2c2ccc3sc(CCN(C)C)nc3c2)cc1C(N)=O. The van der Waals surface area contributed by atoms with Crippen LogP contribution < -0.4 is 15.8 Å². The Morgan fingerprint density at radius 2 is 2.06 bits per heavy atom. The number of thiazole rings is 1. The molecule has 0 unspecified atom stereocenters. The Morgan fingerprint density at radius 3 is 2.78 bits per heavy atom. The molecular formula is C25H30N6O4S. The van der Waals surface area contributed by atoms with E-state index in [2.05, 4.69) is 15.2 Å². The van der Waals surface area contributed by atoms with E-state index in [-0.39, 0.29) is 23.2 Å². The smallest absolute Gasteiger partial charge is 0.313 e. The predicted molar refractivity (Wildman–Crippen MR) is 138 cm³/mol. The van der Waals surface area contributed by atoms with Crippen LogP contribution in [0.15, 0.2) is 30.5 Å². The minimum atomic E-state index is -0.801. The van der Waals surface area contributed by atoms with Gasteiger partial charge in [0, 0.05) is 19.5 Å². The normalized spacial score (nSPS) is 15.8. The summed E-state index contributed by atoms with van der Waals surface area (Å²) in [6.07, 6.45) is 4.74. The highest BCUT2D eigenvalue weighted by molar-refractivity contribution is 7.18. The predicted octanol–water partition coefficient (Wildman–Crippen LogP) is 2.60. The van der Waals surface area contributed by atoms with Crippen LogP contribution in [0, 0.1) is 0 Å². The molecule has 1 fully saturated rings. The van der Waals surface area contributed by atoms with Gasteiger partial charge in [-0.2, -0.15) is 0 Å². The van der Waals surface area contributed by atoms with Gasteiger partial charge < -0.3 is 25.6 Å². The van der Waals surface area contributed by atoms with Crippen LogP contribution in [-0.4, -0.2) is 71.8 Å². The number of nitrogens with one attached hydrogen (secondary N) is 1. The van der Waals surface area contributed by atoms with Gasteiger partial charge in [0.15, 0.2) is 0 Å². The van der Waals surface area contributed by atoms with E-state index < -0.39 is 17.7 Å². The number of pyridine rings is 1. The third-order valence-corrected chi connectivity index (χ3v) is 7.24. The number of benzene rings is 1. The van der Waals surface area contributed by atoms with Crippen molar-refractivity contribution in [1.29, 1.82) is 0 Å². The number of aromatic nitrogens is 2. The number of ether oxygens (including phenoxy) is 1. The molecule has 3 N–H and O–H groups in total. The van der Waals surface area contributed by atoms with Crippen molar-refractivity contribution in [2.75, 3.05) is 39.6 Å². The Bertz CT molecular complexity index is 1290. The van der Waals surface area contributed by atoms with Gasteiger partial charge in [0.05, 0.1) is 40.3 Å². The van der Waals surface area contributed by atoms with E-state index in [9.17, 15) is 14.4 Å². The largest absolute Gasteiger partial charge is 0.480 e. The van der Waals surface area contributed by atoms with Gasteiger partial charge in [-0.3, -0.25) is 14.4 Å². The van der Waals surface area contributed by atoms with E-state index in [1.54, 1.807) is 16.2 Å². The molecule has 2 aromatic heterocycles. The summed E-state index contributed by atoms with van der Waals surface area (Å²) in [5.41, 5.74) is 7.45. The molecule has 10 nitrogen and oxygen atoms in total. The first-order chi connectivity index (χ1) is 17.3. The number of hydrogen-bond acceptors (Lipinski definition) is 8. The van der Waals surface area contributed by atoms with Crippen molar-refractivity contribution < 1.29 is 19.1 Å². The first kappa shape index (κ1) is 25.5. The van der Waals surface area contributed by atoms with Crippen LogP contribution in [0.5, 0.6) is 5.88 Å². The summed E-state index contributed by atoms with van der Waals surface area (Å²) in [6.45, 7) is 1.41. The van der Waals surface area contributed by atoms with E-state index in [1.807, 2.05) is 32.3 Å². The Kier molecular flexibility index (Phi) is 7.80. The maximum absolute atomic E-state index is 13.2. The van der Waals surface area contributed by atoms with Gasteiger partial charge in [-0.15, -0.1) is 11.3 Å². The van der Waals surface area contributed by atoms with Crippen molar-refractivity contribution in [3.8, 4) is 5.88 Å². The van der Waals surface area contributed by atoms with Crippen LogP contribution >= 0.6 is 11.3 Å². The molecule has 11 heteroatoms. The van der Waals surface area contributed by atoms with Gasteiger partial charge in [-0.1, -0.05) is 6.07 Å². The highest BCUT2D eigenvalue weighted by atomic mass is 32.1. The number of fused-ring (bicyclic) bond motifs is 1. The number of methoxy groups -OCH3 is 1. The monoisotopic (exact) mass is 510 g/mol. The fraction of sp³-hybridized carbons (Fsp3) is 0.400. The summed E-state index contributed by atoms with van der Waals surface area (Å²) in [5, 5.41) is 3.62. The van der Waals surface area contributed by atoms with E-state index in [1.165, 1.54) is 19.4 Å². The van der Waals surface area contributed by atoms with Gasteiger partial charge >= 0.3 is 11.8 Å². The average molecular weight is 511 g/mol. The second-order valence-corrected chi connectivity index (χ2v) is 10.1. The number of hydrogen-bond donors (Lipinski definition) is 2. The molecule has 1 aliphatic rings. The fourth-order valence-electron chi connectivity index (χ4n) is 4.32. The summed E-state index contributed by atoms with van der Waals surface area (Å²) >= 11 is 1.68. The third kappa shape index (κ3) is 5.63. The van der Waals surface area contributed by atoms with Crippen LogP contribution in [0.3, 0.4) is 0 Å². The molecule has 36 heavy (non-hydrogen) atoms. The number of piperidine rings is 1. The van der Waals surface area contributed by atoms with E-state index in [4.69, 9.17) is 15.5 Å². The van der Waals surface area contributed by atoms with Crippen molar-refractivity contribution >= 4 is 45.0 Å². The van der Waals surface area contributed by atoms with E-state index >= 15 is 0 Å². The molecule has 3 heterocycles. The number of carbonyl (C=O) groups is 3. The first-order valence-electron chi connectivity index (χ1n) is 11.8. The lowest BCUT2D eigenvalue weighted by Crippen LogP contribution is -2.44. The molecule has 4 rings (SSSR count). The van der Waals surface area contributed by atoms with Crippen molar-refractivity contribution in [2.45, 2.75) is 31.7 Å². The van der Waals surface area contributed by atoms with Crippen molar-refractivity contribution in [2.24, 2.45) is 5.73 Å². The highest BCUT2D eigenvalue weighted by Crippen LogP contribution is 2.34. The van der Waals surface area contributed by atoms with Crippen LogP contribution in [-0.2, 0) is 16.0 Å². The minimum Gasteiger partial charge on any atom is -0.480 e. The number of amides is 3. The fourth-order valence-corrected chi connectivity index (χ4v) is 5.26. The summed E-state index contributed by atoms with van der Waals surface area (Å²) in [4.78, 5) is 50.3. The van der Waals surface area contributed by atoms with Gasteiger partial charge in [-0.25, -0.2) is 9.97 Å². The molecule has 0 radical (unpaired) electrons. The molecule has 190 valence electrons. The van der Waals surface area contributed by atoms with Gasteiger partial charge in [0.2, 0.25) is 5.88 Å². The average Bonchev–Trinajstić information content (AvgIpc) is 3.29. The maximum atomic E-state index is 13.2. The topological polar surface area (TPSA) is 131 Å². The molecule has 0 aliphatic carbocycles. The zero-order chi connectivity index (χ0) is 25.8. The van der Waals surface area contributed by atoms with Crippen LogP contribution in [0.2, 0.25) is 0 Å². The lowest BCUT2D eigenvalue weighted by molar-refractivity contribution is -0.145. The number of rotatable bonds is 7. The number of nitrogens with zero attached hydrogens (tertiary/aromatic N) is 4. The number of carbonyl (C=O) groups excluding carboxylic acids is 3. The summed E-state index contributed by atoms with van der Waals surface area (Å²) < 4.78 is 6.13. The molecule has 1 saturated heterocycles. The van der Waals surface area contributed by atoms with Gasteiger partial charge in [0.25, 0.3) is 5.91 Å². The number of anilines is 1. The van der Waals surface area contributed by atoms with Crippen molar-refractivity contribution in [3.05, 3.63) is 46.6 Å². The van der Waals surface area contributed by atoms with Crippen LogP contribution in [0.4, 0.5) is 5.69 Å². The molecule has 0 saturated carbocycles. The second-order valence-electron chi connectivity index (χ2n) is 9.00. The summed E-state index contributed by atoms with van der Waals surface area (Å²) in [6, 6.07) is 7.23. The first-order valence-corrected chi connectivity index (χ1v) is 12.6. The lowest BCUT2D eigenvalue weighted by Gasteiger charge is -2.35. The zero-order valence-corrected chi connectivity index (χ0v) is 21.4. The molecule has 3 amide bonds. The minimum absolute atomic E-state index is 0.0140. The van der Waals surface area contributed by atoms with Crippen molar-refractivity contribution in [3.63, 3.8) is 0 Å². The standard InChI is InChI=1S/C25H30N6O4S/c1-30(2)11-9-21-29-18-12-15(7-8-20(18)36-21)19-6-4-5-10-31(19)25(34)23(33)28-16-13-17(22(26)32)24(35-3)27-14-16/h7-8,12-14,19H,4-6,9-11H2,1-3H3,(H2,26,32)(H,28,33)/t19-/m0/s1. The third-order valence-electron chi connectivity index (χ3n) is 6.14. The number of nitrogens with two attached hydrogens (primary N) is 1. The number of primary amides is 1. The number of likely N-dealkylation sites (tertiary alicyclic amines) is 1. The Labute approximate surface area is 213 Å². The Morgan fingerprint density at radius 1 is 1.25 bits per heavy atom. The zero-order valence-electron chi connectivity index (χ0n) is 20.6. The van der Waals surface area contributed by atoms with E-state index in [0.717, 1.165) is 53.0 Å². The summed E-state index contributed by atoms with van der Waals surface area (Å²) in [7, 11) is 5.44. The quantitative estimate of drug-likeness (QED) is 0.467. The lowest BCUT2D eigenvalue weighted by atomic mass is 9.95. The molecule has 3 aromatic rings. The molecule has 0 bridgehead atoms. The van der Waals surface area contributed by atoms with E-state index in [0.29, 0.717) is 6.54 Å². The van der Waals surface area contributed by atoms with Crippen LogP contribution in [0.25, 0.3) is 10.2 Å². The second kappa shape index (κ2) is 11.0. The molecule has 1 atom stereocenters.